The third-order valence-electron chi connectivity index (χ3n) is 10.3. The van der Waals surface area contributed by atoms with Crippen LogP contribution in [0.3, 0.4) is 0 Å². The summed E-state index contributed by atoms with van der Waals surface area (Å²) >= 11 is 0. The van der Waals surface area contributed by atoms with Crippen LogP contribution >= 0.6 is 0 Å². The van der Waals surface area contributed by atoms with Gasteiger partial charge in [-0.15, -0.1) is 0 Å². The number of likely N-dealkylation sites (tertiary alicyclic amines) is 1. The van der Waals surface area contributed by atoms with Gasteiger partial charge in [0.25, 0.3) is 0 Å². The molecule has 0 spiro atoms. The number of hydrogen-bond acceptors (Lipinski definition) is 10. The first kappa shape index (κ1) is 45.9. The van der Waals surface area contributed by atoms with E-state index in [9.17, 15) is 39.0 Å². The molecule has 17 nitrogen and oxygen atoms in total. The first-order chi connectivity index (χ1) is 28.4. The number of aliphatic carboxylic acids is 1. The number of aromatic nitrogens is 2. The number of carboxylic acid groups (broad SMARTS) is 1. The fourth-order valence-corrected chi connectivity index (χ4v) is 6.93. The van der Waals surface area contributed by atoms with Gasteiger partial charge in [0.1, 0.15) is 29.9 Å². The van der Waals surface area contributed by atoms with Gasteiger partial charge in [-0.05, 0) is 48.9 Å². The van der Waals surface area contributed by atoms with Crippen LogP contribution in [-0.4, -0.2) is 110 Å². The molecule has 10 N–H and O–H groups in total. The summed E-state index contributed by atoms with van der Waals surface area (Å²) in [7, 11) is 0. The van der Waals surface area contributed by atoms with E-state index < -0.39 is 71.8 Å². The molecule has 1 fully saturated rings. The van der Waals surface area contributed by atoms with Crippen molar-refractivity contribution >= 4 is 35.5 Å². The molecule has 17 heteroatoms. The van der Waals surface area contributed by atoms with Gasteiger partial charge in [-0.3, -0.25) is 29.3 Å². The summed E-state index contributed by atoms with van der Waals surface area (Å²) in [6.45, 7) is 4.03. The number of H-pyrrole nitrogens is 1. The van der Waals surface area contributed by atoms with E-state index in [2.05, 4.69) is 36.6 Å². The van der Waals surface area contributed by atoms with E-state index in [0.29, 0.717) is 43.4 Å². The minimum atomic E-state index is -1.19. The number of benzene rings is 2. The van der Waals surface area contributed by atoms with Crippen LogP contribution in [-0.2, 0) is 48.0 Å². The van der Waals surface area contributed by atoms with Crippen molar-refractivity contribution in [3.8, 4) is 5.75 Å². The van der Waals surface area contributed by atoms with Crippen LogP contribution < -0.4 is 32.3 Å². The van der Waals surface area contributed by atoms with Crippen molar-refractivity contribution in [3.05, 3.63) is 83.9 Å². The van der Waals surface area contributed by atoms with Gasteiger partial charge in [0.2, 0.25) is 29.5 Å². The quantitative estimate of drug-likeness (QED) is 0.0584. The number of nitrogens with zero attached hydrogens (tertiary/aromatic N) is 2. The fraction of sp³-hybridized carbons (Fsp3) is 0.500. The molecule has 0 bridgehead atoms. The normalized spacial score (nSPS) is 16.3. The number of carbonyl (C=O) groups excluding carboxylic acids is 5. The molecule has 4 rings (SSSR count). The zero-order valence-electron chi connectivity index (χ0n) is 33.8. The Labute approximate surface area is 344 Å². The Kier molecular flexibility index (Phi) is 18.3. The van der Waals surface area contributed by atoms with E-state index in [1.54, 1.807) is 42.6 Å². The monoisotopic (exact) mass is 817 g/mol. The van der Waals surface area contributed by atoms with Crippen molar-refractivity contribution < 1.29 is 39.0 Å². The van der Waals surface area contributed by atoms with E-state index in [0.717, 1.165) is 24.8 Å². The molecule has 1 saturated heterocycles. The largest absolute Gasteiger partial charge is 0.508 e. The standard InChI is InChI=1S/C42H59N9O8/c1-3-5-13-31(43)37(53)49-33(21-28-16-18-30(52)19-17-28)39(55)48-32(14-6-4-2)38(54)47-26-46-34(23-29-24-44-25-45-29)41(57)51-20-10-15-36(51)40(56)50-35(42(58)59)22-27-11-8-7-9-12-27/h7-9,11-12,16-19,24-25,31-36,46,52H,3-6,10,13-15,20-23,26,43H2,1-2H3,(H,44,45)(H,47,54)(H,48,55)(H,49,53)(H,50,56)(H,58,59)/t31-,32-,33-,34-,35-,36-/m0/s1. The number of carbonyl (C=O) groups is 6. The summed E-state index contributed by atoms with van der Waals surface area (Å²) in [6, 6.07) is 9.30. The number of aromatic amines is 1. The number of aromatic hydroxyl groups is 1. The van der Waals surface area contributed by atoms with E-state index in [4.69, 9.17) is 5.73 Å². The summed E-state index contributed by atoms with van der Waals surface area (Å²) in [5.41, 5.74) is 8.16. The summed E-state index contributed by atoms with van der Waals surface area (Å²) in [5.74, 6) is -3.71. The molecule has 0 aliphatic carbocycles. The molecule has 3 aromatic rings. The first-order valence-electron chi connectivity index (χ1n) is 20.4. The number of phenolic OH excluding ortho intramolecular Hbond substituents is 1. The molecule has 59 heavy (non-hydrogen) atoms. The highest BCUT2D eigenvalue weighted by Gasteiger charge is 2.39. The predicted molar refractivity (Wildman–Crippen MR) is 219 cm³/mol. The number of nitrogens with two attached hydrogens (primary N) is 1. The third-order valence-corrected chi connectivity index (χ3v) is 10.3. The second-order valence-corrected chi connectivity index (χ2v) is 14.9. The second-order valence-electron chi connectivity index (χ2n) is 14.9. The van der Waals surface area contributed by atoms with Gasteiger partial charge in [-0.1, -0.05) is 82.0 Å². The number of carboxylic acids is 1. The minimum absolute atomic E-state index is 0.0490. The summed E-state index contributed by atoms with van der Waals surface area (Å²) in [5, 5.41) is 33.7. The Balaban J connectivity index is 1.43. The van der Waals surface area contributed by atoms with Gasteiger partial charge >= 0.3 is 5.97 Å². The third kappa shape index (κ3) is 14.5. The molecule has 2 heterocycles. The highest BCUT2D eigenvalue weighted by Crippen LogP contribution is 2.20. The average molecular weight is 818 g/mol. The van der Waals surface area contributed by atoms with Crippen molar-refractivity contribution in [1.29, 1.82) is 0 Å². The Morgan fingerprint density at radius 3 is 2.14 bits per heavy atom. The number of phenols is 1. The SMILES string of the molecule is CCCC[C@H](NC(=O)[C@H](Cc1ccc(O)cc1)NC(=O)[C@@H](N)CCCC)C(=O)NCN[C@@H](Cc1cnc[nH]1)C(=O)N1CCC[C@H]1C(=O)N[C@@H](Cc1ccccc1)C(=O)O. The lowest BCUT2D eigenvalue weighted by Gasteiger charge is -2.30. The second kappa shape index (κ2) is 23.6. The lowest BCUT2D eigenvalue weighted by molar-refractivity contribution is -0.144. The highest BCUT2D eigenvalue weighted by atomic mass is 16.4. The zero-order valence-corrected chi connectivity index (χ0v) is 33.8. The van der Waals surface area contributed by atoms with Crippen LogP contribution in [0.4, 0.5) is 0 Å². The van der Waals surface area contributed by atoms with Crippen LogP contribution in [0.15, 0.2) is 67.1 Å². The van der Waals surface area contributed by atoms with Crippen LogP contribution in [0.1, 0.15) is 82.0 Å². The lowest BCUT2D eigenvalue weighted by atomic mass is 10.0. The number of unbranched alkanes of at least 4 members (excludes halogenated alkanes) is 2. The van der Waals surface area contributed by atoms with Crippen molar-refractivity contribution in [1.82, 2.24) is 41.5 Å². The maximum atomic E-state index is 14.1. The molecule has 320 valence electrons. The van der Waals surface area contributed by atoms with Crippen molar-refractivity contribution in [2.75, 3.05) is 13.2 Å². The van der Waals surface area contributed by atoms with Crippen molar-refractivity contribution in [2.45, 2.75) is 121 Å². The zero-order chi connectivity index (χ0) is 42.7. The predicted octanol–water partition coefficient (Wildman–Crippen LogP) is 1.41. The van der Waals surface area contributed by atoms with Crippen LogP contribution in [0.2, 0.25) is 0 Å². The van der Waals surface area contributed by atoms with Gasteiger partial charge in [-0.25, -0.2) is 9.78 Å². The Hall–Kier alpha value is -5.81. The maximum Gasteiger partial charge on any atom is 0.326 e. The Bertz CT molecular complexity index is 1810. The van der Waals surface area contributed by atoms with Crippen LogP contribution in [0, 0.1) is 0 Å². The van der Waals surface area contributed by atoms with Gasteiger partial charge < -0.3 is 47.1 Å². The van der Waals surface area contributed by atoms with Crippen LogP contribution in [0.5, 0.6) is 5.75 Å². The molecule has 1 aliphatic rings. The Morgan fingerprint density at radius 1 is 0.814 bits per heavy atom. The summed E-state index contributed by atoms with van der Waals surface area (Å²) < 4.78 is 0. The molecular weight excluding hydrogens is 759 g/mol. The van der Waals surface area contributed by atoms with Crippen molar-refractivity contribution in [3.63, 3.8) is 0 Å². The van der Waals surface area contributed by atoms with E-state index in [1.165, 1.54) is 23.4 Å². The average Bonchev–Trinajstić information content (AvgIpc) is 3.94. The smallest absolute Gasteiger partial charge is 0.326 e. The molecule has 1 aromatic heterocycles. The number of imidazole rings is 1. The fourth-order valence-electron chi connectivity index (χ4n) is 6.93. The molecule has 0 unspecified atom stereocenters. The highest BCUT2D eigenvalue weighted by molar-refractivity contribution is 5.94. The molecule has 1 aliphatic heterocycles. The molecule has 2 aromatic carbocycles. The molecule has 0 saturated carbocycles. The van der Waals surface area contributed by atoms with E-state index >= 15 is 0 Å². The number of nitrogens with one attached hydrogen (secondary N) is 6. The first-order valence-corrected chi connectivity index (χ1v) is 20.4. The van der Waals surface area contributed by atoms with Gasteiger partial charge in [0, 0.05) is 37.7 Å². The van der Waals surface area contributed by atoms with E-state index in [-0.39, 0.29) is 38.2 Å². The summed E-state index contributed by atoms with van der Waals surface area (Å²) in [4.78, 5) is 88.8. The minimum Gasteiger partial charge on any atom is -0.508 e. The topological polar surface area (TPSA) is 261 Å². The van der Waals surface area contributed by atoms with E-state index in [1.807, 2.05) is 19.9 Å². The van der Waals surface area contributed by atoms with Crippen LogP contribution in [0.25, 0.3) is 0 Å². The molecular formula is C42H59N9O8. The number of hydrogen-bond donors (Lipinski definition) is 9. The Morgan fingerprint density at radius 2 is 1.47 bits per heavy atom. The molecule has 5 amide bonds. The number of amides is 5. The molecule has 0 radical (unpaired) electrons. The van der Waals surface area contributed by atoms with Gasteiger partial charge in [-0.2, -0.15) is 0 Å². The van der Waals surface area contributed by atoms with Gasteiger partial charge in [0.05, 0.1) is 25.1 Å². The van der Waals surface area contributed by atoms with Crippen molar-refractivity contribution in [2.24, 2.45) is 5.73 Å². The summed E-state index contributed by atoms with van der Waals surface area (Å²) in [6.07, 6.45) is 7.89. The number of rotatable bonds is 24. The lowest BCUT2D eigenvalue weighted by Crippen LogP contribution is -2.58. The molecule has 6 atom stereocenters. The maximum absolute atomic E-state index is 14.1. The van der Waals surface area contributed by atoms with Gasteiger partial charge in [0.15, 0.2) is 0 Å².